The van der Waals surface area contributed by atoms with Gasteiger partial charge in [-0.3, -0.25) is 0 Å². The number of benzene rings is 1. The van der Waals surface area contributed by atoms with Crippen molar-refractivity contribution in [3.63, 3.8) is 0 Å². The Bertz CT molecular complexity index is 575. The van der Waals surface area contributed by atoms with Gasteiger partial charge < -0.3 is 10.2 Å². The Balaban J connectivity index is 2.45. The van der Waals surface area contributed by atoms with Gasteiger partial charge in [0.2, 0.25) is 0 Å². The molecule has 0 aliphatic rings. The molecule has 21 heavy (non-hydrogen) atoms. The van der Waals surface area contributed by atoms with Crippen LogP contribution in [0, 0.1) is 11.3 Å². The molecule has 0 radical (unpaired) electrons. The Kier molecular flexibility index (Phi) is 7.37. The minimum absolute atomic E-state index is 0.0418. The van der Waals surface area contributed by atoms with E-state index in [1.807, 2.05) is 6.07 Å². The molecule has 0 unspecified atom stereocenters. The predicted molar refractivity (Wildman–Crippen MR) is 83.9 cm³/mol. The topological polar surface area (TPSA) is 73.2 Å². The number of nitrogens with zero attached hydrogens (tertiary/aromatic N) is 2. The molecule has 0 atom stereocenters. The summed E-state index contributed by atoms with van der Waals surface area (Å²) in [5.74, 6) is 0.0418. The number of rotatable bonds is 9. The molecule has 0 fully saturated rings. The van der Waals surface area contributed by atoms with Crippen molar-refractivity contribution < 1.29 is 8.42 Å². The van der Waals surface area contributed by atoms with Crippen LogP contribution in [0.1, 0.15) is 19.4 Å². The summed E-state index contributed by atoms with van der Waals surface area (Å²) in [4.78, 5) is 2.49. The molecule has 0 spiro atoms. The molecule has 5 nitrogen and oxygen atoms in total. The van der Waals surface area contributed by atoms with Crippen molar-refractivity contribution in [2.45, 2.75) is 18.7 Å². The van der Waals surface area contributed by atoms with E-state index in [1.54, 1.807) is 12.1 Å². The van der Waals surface area contributed by atoms with Crippen molar-refractivity contribution >= 4 is 9.84 Å². The second kappa shape index (κ2) is 8.78. The minimum Gasteiger partial charge on any atom is -0.314 e. The van der Waals surface area contributed by atoms with Crippen LogP contribution in [0.25, 0.3) is 0 Å². The fourth-order valence-electron chi connectivity index (χ4n) is 1.99. The van der Waals surface area contributed by atoms with Gasteiger partial charge in [-0.05, 0) is 31.3 Å². The maximum Gasteiger partial charge on any atom is 0.179 e. The maximum atomic E-state index is 12.1. The summed E-state index contributed by atoms with van der Waals surface area (Å²) in [5, 5.41) is 12.0. The SMILES string of the molecule is CCN(CC)CCNCCS(=O)(=O)c1cccc(C#N)c1. The highest BCUT2D eigenvalue weighted by Gasteiger charge is 2.14. The quantitative estimate of drug-likeness (QED) is 0.695. The highest BCUT2D eigenvalue weighted by Crippen LogP contribution is 2.12. The molecule has 0 amide bonds. The van der Waals surface area contributed by atoms with Crippen LogP contribution in [-0.2, 0) is 9.84 Å². The van der Waals surface area contributed by atoms with Crippen LogP contribution < -0.4 is 5.32 Å². The third-order valence-corrected chi connectivity index (χ3v) is 5.08. The molecule has 1 aromatic carbocycles. The van der Waals surface area contributed by atoms with Gasteiger partial charge in [0.15, 0.2) is 9.84 Å². The molecule has 1 aromatic rings. The zero-order valence-corrected chi connectivity index (χ0v) is 13.5. The molecule has 1 rings (SSSR count). The standard InChI is InChI=1S/C15H23N3O2S/c1-3-18(4-2)10-8-17-9-11-21(19,20)15-7-5-6-14(12-15)13-16/h5-7,12,17H,3-4,8-11H2,1-2H3. The third-order valence-electron chi connectivity index (χ3n) is 3.37. The highest BCUT2D eigenvalue weighted by atomic mass is 32.2. The highest BCUT2D eigenvalue weighted by molar-refractivity contribution is 7.91. The lowest BCUT2D eigenvalue weighted by molar-refractivity contribution is 0.303. The van der Waals surface area contributed by atoms with E-state index >= 15 is 0 Å². The summed E-state index contributed by atoms with van der Waals surface area (Å²) < 4.78 is 24.3. The lowest BCUT2D eigenvalue weighted by Gasteiger charge is -2.17. The fourth-order valence-corrected chi connectivity index (χ4v) is 3.23. The van der Waals surface area contributed by atoms with Gasteiger partial charge >= 0.3 is 0 Å². The summed E-state index contributed by atoms with van der Waals surface area (Å²) in [6.07, 6.45) is 0. The number of hydrogen-bond acceptors (Lipinski definition) is 5. The molecule has 0 aromatic heterocycles. The largest absolute Gasteiger partial charge is 0.314 e. The van der Waals surface area contributed by atoms with Crippen LogP contribution in [0.15, 0.2) is 29.2 Å². The second-order valence-corrected chi connectivity index (χ2v) is 6.84. The number of hydrogen-bond donors (Lipinski definition) is 1. The van der Waals surface area contributed by atoms with E-state index in [9.17, 15) is 8.42 Å². The summed E-state index contributed by atoms with van der Waals surface area (Å²) in [7, 11) is -3.33. The van der Waals surface area contributed by atoms with Crippen molar-refractivity contribution in [3.05, 3.63) is 29.8 Å². The molecule has 0 aliphatic carbocycles. The zero-order valence-electron chi connectivity index (χ0n) is 12.7. The molecular weight excluding hydrogens is 286 g/mol. The first-order valence-corrected chi connectivity index (χ1v) is 8.84. The normalized spacial score (nSPS) is 11.5. The van der Waals surface area contributed by atoms with Gasteiger partial charge in [-0.2, -0.15) is 5.26 Å². The lowest BCUT2D eigenvalue weighted by atomic mass is 10.2. The van der Waals surface area contributed by atoms with Crippen molar-refractivity contribution in [2.24, 2.45) is 0 Å². The van der Waals surface area contributed by atoms with Gasteiger partial charge in [0.1, 0.15) is 0 Å². The summed E-state index contributed by atoms with van der Waals surface area (Å²) >= 11 is 0. The van der Waals surface area contributed by atoms with E-state index in [2.05, 4.69) is 24.1 Å². The number of nitrogens with one attached hydrogen (secondary N) is 1. The molecule has 0 aliphatic heterocycles. The molecule has 1 N–H and O–H groups in total. The molecule has 116 valence electrons. The van der Waals surface area contributed by atoms with Crippen LogP contribution in [0.3, 0.4) is 0 Å². The van der Waals surface area contributed by atoms with Crippen molar-refractivity contribution in [2.75, 3.05) is 38.5 Å². The monoisotopic (exact) mass is 309 g/mol. The Morgan fingerprint density at radius 2 is 1.95 bits per heavy atom. The summed E-state index contributed by atoms with van der Waals surface area (Å²) in [6, 6.07) is 8.11. The Morgan fingerprint density at radius 1 is 1.24 bits per heavy atom. The fraction of sp³-hybridized carbons (Fsp3) is 0.533. The average Bonchev–Trinajstić information content (AvgIpc) is 2.51. The van der Waals surface area contributed by atoms with E-state index in [4.69, 9.17) is 5.26 Å². The van der Waals surface area contributed by atoms with Crippen LogP contribution in [0.4, 0.5) is 0 Å². The Labute approximate surface area is 127 Å². The first-order chi connectivity index (χ1) is 10.0. The van der Waals surface area contributed by atoms with E-state index < -0.39 is 9.84 Å². The Hall–Kier alpha value is -1.42. The van der Waals surface area contributed by atoms with Gasteiger partial charge in [-0.25, -0.2) is 8.42 Å². The van der Waals surface area contributed by atoms with Crippen LogP contribution in [-0.4, -0.2) is 51.8 Å². The summed E-state index contributed by atoms with van der Waals surface area (Å²) in [5.41, 5.74) is 0.366. The van der Waals surface area contributed by atoms with E-state index in [-0.39, 0.29) is 10.6 Å². The number of sulfone groups is 1. The van der Waals surface area contributed by atoms with Crippen molar-refractivity contribution in [3.8, 4) is 6.07 Å². The first kappa shape index (κ1) is 17.6. The second-order valence-electron chi connectivity index (χ2n) is 4.74. The summed E-state index contributed by atoms with van der Waals surface area (Å²) in [6.45, 7) is 8.31. The molecule has 0 bridgehead atoms. The van der Waals surface area contributed by atoms with Gasteiger partial charge in [0.05, 0.1) is 22.3 Å². The molecule has 0 saturated carbocycles. The average molecular weight is 309 g/mol. The lowest BCUT2D eigenvalue weighted by Crippen LogP contribution is -2.33. The van der Waals surface area contributed by atoms with Gasteiger partial charge in [-0.1, -0.05) is 19.9 Å². The van der Waals surface area contributed by atoms with Crippen molar-refractivity contribution in [1.29, 1.82) is 5.26 Å². The molecular formula is C15H23N3O2S. The van der Waals surface area contributed by atoms with E-state index in [0.29, 0.717) is 12.1 Å². The van der Waals surface area contributed by atoms with Crippen LogP contribution in [0.5, 0.6) is 0 Å². The molecule has 6 heteroatoms. The van der Waals surface area contributed by atoms with E-state index in [0.717, 1.165) is 26.2 Å². The minimum atomic E-state index is -3.33. The molecule has 0 heterocycles. The maximum absolute atomic E-state index is 12.1. The Morgan fingerprint density at radius 3 is 2.57 bits per heavy atom. The van der Waals surface area contributed by atoms with Crippen molar-refractivity contribution in [1.82, 2.24) is 10.2 Å². The van der Waals surface area contributed by atoms with Gasteiger partial charge in [0, 0.05) is 19.6 Å². The van der Waals surface area contributed by atoms with Crippen LogP contribution in [0.2, 0.25) is 0 Å². The number of nitriles is 1. The predicted octanol–water partition coefficient (Wildman–Crippen LogP) is 1.26. The smallest absolute Gasteiger partial charge is 0.179 e. The van der Waals surface area contributed by atoms with Gasteiger partial charge in [-0.15, -0.1) is 0 Å². The van der Waals surface area contributed by atoms with E-state index in [1.165, 1.54) is 12.1 Å². The third kappa shape index (κ3) is 5.84. The zero-order chi connectivity index (χ0) is 15.7. The number of likely N-dealkylation sites (N-methyl/N-ethyl adjacent to an activating group) is 1. The van der Waals surface area contributed by atoms with Gasteiger partial charge in [0.25, 0.3) is 0 Å². The van der Waals surface area contributed by atoms with Crippen LogP contribution >= 0.6 is 0 Å². The first-order valence-electron chi connectivity index (χ1n) is 7.19. The molecule has 0 saturated heterocycles.